The van der Waals surface area contributed by atoms with Crippen LogP contribution in [0.2, 0.25) is 5.02 Å². The summed E-state index contributed by atoms with van der Waals surface area (Å²) in [6.07, 6.45) is 0.692. The van der Waals surface area contributed by atoms with E-state index in [1.54, 1.807) is 24.3 Å². The summed E-state index contributed by atoms with van der Waals surface area (Å²) < 4.78 is 30.1. The third-order valence-electron chi connectivity index (χ3n) is 2.84. The number of hydrogen-bond acceptors (Lipinski definition) is 2. The topological polar surface area (TPSA) is 26.3 Å². The Morgan fingerprint density at radius 2 is 1.71 bits per heavy atom. The lowest BCUT2D eigenvalue weighted by atomic mass is 10.2. The second kappa shape index (κ2) is 8.15. The van der Waals surface area contributed by atoms with Gasteiger partial charge < -0.3 is 4.74 Å². The smallest absolute Gasteiger partial charge is 0.123 e. The van der Waals surface area contributed by atoms with Crippen molar-refractivity contribution in [1.82, 2.24) is 0 Å². The maximum absolute atomic E-state index is 12.7. The molecule has 0 bridgehead atoms. The Bertz CT molecular complexity index is 584. The van der Waals surface area contributed by atoms with Crippen LogP contribution in [0.5, 0.6) is 5.75 Å². The van der Waals surface area contributed by atoms with Crippen LogP contribution >= 0.6 is 11.6 Å². The van der Waals surface area contributed by atoms with Crippen LogP contribution < -0.4 is 4.74 Å². The number of benzene rings is 2. The Hall–Kier alpha value is -1.39. The quantitative estimate of drug-likeness (QED) is 0.713. The number of ether oxygens (including phenoxy) is 1. The minimum Gasteiger partial charge on any atom is -0.494 e. The first kappa shape index (κ1) is 16.0. The van der Waals surface area contributed by atoms with Crippen molar-refractivity contribution in [3.05, 3.63) is 64.9 Å². The zero-order chi connectivity index (χ0) is 15.1. The Labute approximate surface area is 131 Å². The second-order valence-corrected chi connectivity index (χ2v) is 6.58. The molecule has 0 aromatic heterocycles. The molecule has 0 heterocycles. The van der Waals surface area contributed by atoms with E-state index in [1.165, 1.54) is 12.1 Å². The molecule has 0 N–H and O–H groups in total. The van der Waals surface area contributed by atoms with Crippen LogP contribution in [0.3, 0.4) is 0 Å². The van der Waals surface area contributed by atoms with Crippen LogP contribution in [0.4, 0.5) is 4.39 Å². The number of halogens is 2. The minimum atomic E-state index is -0.922. The molecule has 21 heavy (non-hydrogen) atoms. The van der Waals surface area contributed by atoms with E-state index in [0.29, 0.717) is 35.3 Å². The van der Waals surface area contributed by atoms with Gasteiger partial charge in [0, 0.05) is 27.3 Å². The third kappa shape index (κ3) is 5.86. The molecule has 0 fully saturated rings. The van der Waals surface area contributed by atoms with E-state index in [9.17, 15) is 8.60 Å². The molecule has 0 aliphatic carbocycles. The molecule has 1 atom stereocenters. The number of hydrogen-bond donors (Lipinski definition) is 0. The van der Waals surface area contributed by atoms with Gasteiger partial charge in [-0.15, -0.1) is 0 Å². The summed E-state index contributed by atoms with van der Waals surface area (Å²) >= 11 is 5.80. The van der Waals surface area contributed by atoms with E-state index >= 15 is 0 Å². The predicted molar refractivity (Wildman–Crippen MR) is 84.7 cm³/mol. The van der Waals surface area contributed by atoms with Crippen LogP contribution in [-0.4, -0.2) is 16.6 Å². The van der Waals surface area contributed by atoms with Gasteiger partial charge in [-0.2, -0.15) is 0 Å². The summed E-state index contributed by atoms with van der Waals surface area (Å²) in [5.41, 5.74) is 1.01. The highest BCUT2D eigenvalue weighted by molar-refractivity contribution is 7.84. The molecule has 0 unspecified atom stereocenters. The van der Waals surface area contributed by atoms with E-state index < -0.39 is 10.8 Å². The lowest BCUT2D eigenvalue weighted by molar-refractivity contribution is 0.318. The zero-order valence-electron chi connectivity index (χ0n) is 11.4. The van der Waals surface area contributed by atoms with Crippen LogP contribution in [0.25, 0.3) is 0 Å². The first-order valence-electron chi connectivity index (χ1n) is 6.61. The van der Waals surface area contributed by atoms with E-state index in [-0.39, 0.29) is 5.82 Å². The summed E-state index contributed by atoms with van der Waals surface area (Å²) in [5, 5.41) is 0.678. The molecule has 2 rings (SSSR count). The van der Waals surface area contributed by atoms with Crippen LogP contribution in [0.1, 0.15) is 12.0 Å². The van der Waals surface area contributed by atoms with Gasteiger partial charge in [-0.3, -0.25) is 4.21 Å². The highest BCUT2D eigenvalue weighted by atomic mass is 35.5. The van der Waals surface area contributed by atoms with Crippen molar-refractivity contribution < 1.29 is 13.3 Å². The molecule has 112 valence electrons. The Kier molecular flexibility index (Phi) is 6.21. The molecule has 0 saturated heterocycles. The average molecular weight is 327 g/mol. The van der Waals surface area contributed by atoms with Gasteiger partial charge in [0.05, 0.1) is 6.61 Å². The first-order valence-corrected chi connectivity index (χ1v) is 8.48. The molecule has 2 aromatic carbocycles. The molecular weight excluding hydrogens is 311 g/mol. The lowest BCUT2D eigenvalue weighted by Gasteiger charge is -2.06. The summed E-state index contributed by atoms with van der Waals surface area (Å²) in [4.78, 5) is 0. The van der Waals surface area contributed by atoms with Crippen molar-refractivity contribution in [1.29, 1.82) is 0 Å². The molecular formula is C16H16ClFO2S. The van der Waals surface area contributed by atoms with E-state index in [2.05, 4.69) is 0 Å². The molecule has 0 aliphatic rings. The van der Waals surface area contributed by atoms with Gasteiger partial charge in [0.2, 0.25) is 0 Å². The Morgan fingerprint density at radius 3 is 2.38 bits per heavy atom. The predicted octanol–water partition coefficient (Wildman–Crippen LogP) is 4.20. The minimum absolute atomic E-state index is 0.286. The summed E-state index contributed by atoms with van der Waals surface area (Å²) in [7, 11) is -0.922. The third-order valence-corrected chi connectivity index (χ3v) is 4.49. The molecule has 5 heteroatoms. The molecule has 0 aliphatic heterocycles. The van der Waals surface area contributed by atoms with Crippen LogP contribution in [0.15, 0.2) is 48.5 Å². The summed E-state index contributed by atoms with van der Waals surface area (Å²) in [6, 6.07) is 13.2. The van der Waals surface area contributed by atoms with Crippen molar-refractivity contribution in [3.63, 3.8) is 0 Å². The number of rotatable bonds is 7. The van der Waals surface area contributed by atoms with Crippen LogP contribution in [-0.2, 0) is 16.6 Å². The lowest BCUT2D eigenvalue weighted by Crippen LogP contribution is -2.06. The fourth-order valence-electron chi connectivity index (χ4n) is 1.78. The maximum atomic E-state index is 12.7. The average Bonchev–Trinajstić information content (AvgIpc) is 2.48. The molecule has 0 spiro atoms. The van der Waals surface area contributed by atoms with Crippen molar-refractivity contribution in [2.45, 2.75) is 12.2 Å². The van der Waals surface area contributed by atoms with Gasteiger partial charge in [-0.05, 0) is 48.4 Å². The first-order chi connectivity index (χ1) is 10.1. The SMILES string of the molecule is O=[S@@](CCCOc1ccc(F)cc1)Cc1ccc(Cl)cc1. The van der Waals surface area contributed by atoms with Crippen molar-refractivity contribution >= 4 is 22.4 Å². The monoisotopic (exact) mass is 326 g/mol. The fourth-order valence-corrected chi connectivity index (χ4v) is 3.05. The van der Waals surface area contributed by atoms with Gasteiger partial charge in [-0.1, -0.05) is 23.7 Å². The maximum Gasteiger partial charge on any atom is 0.123 e. The fraction of sp³-hybridized carbons (Fsp3) is 0.250. The van der Waals surface area contributed by atoms with E-state index in [1.807, 2.05) is 12.1 Å². The summed E-state index contributed by atoms with van der Waals surface area (Å²) in [6.45, 7) is 0.470. The van der Waals surface area contributed by atoms with Gasteiger partial charge in [0.1, 0.15) is 11.6 Å². The molecule has 0 saturated carbocycles. The molecule has 0 amide bonds. The van der Waals surface area contributed by atoms with Gasteiger partial charge in [0.15, 0.2) is 0 Å². The molecule has 0 radical (unpaired) electrons. The van der Waals surface area contributed by atoms with Crippen LogP contribution in [0, 0.1) is 5.82 Å². The highest BCUT2D eigenvalue weighted by Gasteiger charge is 2.03. The van der Waals surface area contributed by atoms with Gasteiger partial charge in [0.25, 0.3) is 0 Å². The van der Waals surface area contributed by atoms with Gasteiger partial charge in [-0.25, -0.2) is 4.39 Å². The Balaban J connectivity index is 1.67. The second-order valence-electron chi connectivity index (χ2n) is 4.57. The van der Waals surface area contributed by atoms with E-state index in [4.69, 9.17) is 16.3 Å². The van der Waals surface area contributed by atoms with Crippen molar-refractivity contribution in [2.24, 2.45) is 0 Å². The van der Waals surface area contributed by atoms with Gasteiger partial charge >= 0.3 is 0 Å². The highest BCUT2D eigenvalue weighted by Crippen LogP contribution is 2.13. The summed E-state index contributed by atoms with van der Waals surface area (Å²) in [5.74, 6) is 1.43. The van der Waals surface area contributed by atoms with E-state index in [0.717, 1.165) is 5.56 Å². The molecule has 2 nitrogen and oxygen atoms in total. The molecule has 2 aromatic rings. The largest absolute Gasteiger partial charge is 0.494 e. The zero-order valence-corrected chi connectivity index (χ0v) is 13.0. The normalized spacial score (nSPS) is 12.1. The van der Waals surface area contributed by atoms with Crippen molar-refractivity contribution in [3.8, 4) is 5.75 Å². The Morgan fingerprint density at radius 1 is 1.05 bits per heavy atom. The standard InChI is InChI=1S/C16H16ClFO2S/c17-14-4-2-13(3-5-14)12-21(19)11-1-10-20-16-8-6-15(18)7-9-16/h2-9H,1,10-12H2/t21-/m0/s1. The van der Waals surface area contributed by atoms with Crippen molar-refractivity contribution in [2.75, 3.05) is 12.4 Å².